The molecule has 58 valence electrons. The molecule has 0 aliphatic carbocycles. The number of isocyanates is 1. The van der Waals surface area contributed by atoms with Crippen LogP contribution in [0.5, 0.6) is 0 Å². The molecule has 0 amide bonds. The molecule has 2 nitrogen and oxygen atoms in total. The molecule has 1 rings (SSSR count). The normalized spacial score (nSPS) is 7.75. The van der Waals surface area contributed by atoms with Gasteiger partial charge in [-0.25, -0.2) is 4.79 Å². The molecule has 0 aromatic heterocycles. The molecule has 0 aliphatic rings. The number of aryl methyl sites for hydroxylation is 1. The van der Waals surface area contributed by atoms with Gasteiger partial charge in [-0.15, -0.1) is 4.99 Å². The highest BCUT2D eigenvalue weighted by Crippen LogP contribution is 2.03. The van der Waals surface area contributed by atoms with Crippen molar-refractivity contribution >= 4 is 6.08 Å². The van der Waals surface area contributed by atoms with Crippen molar-refractivity contribution in [3.63, 3.8) is 0 Å². The van der Waals surface area contributed by atoms with Crippen LogP contribution in [0.1, 0.15) is 11.1 Å². The predicted octanol–water partition coefficient (Wildman–Crippen LogP) is 1.64. The lowest BCUT2D eigenvalue weighted by Crippen LogP contribution is -1.78. The van der Waals surface area contributed by atoms with Gasteiger partial charge in [-0.2, -0.15) is 0 Å². The summed E-state index contributed by atoms with van der Waals surface area (Å²) < 4.78 is 0. The Balaban J connectivity index is 2.99. The third kappa shape index (κ3) is 2.09. The van der Waals surface area contributed by atoms with E-state index in [2.05, 4.69) is 17.0 Å². The molecule has 0 atom stereocenters. The van der Waals surface area contributed by atoms with Crippen LogP contribution in [0.15, 0.2) is 29.3 Å². The quantitative estimate of drug-likeness (QED) is 0.320. The first kappa shape index (κ1) is 8.26. The number of rotatable bonds is 0. The van der Waals surface area contributed by atoms with Crippen LogP contribution in [-0.4, -0.2) is 6.08 Å². The standard InChI is InChI=1S/C10H7NO/c1-9-4-2-3-5-10(9)6-7-11-8-12/h2-5H,1H3. The lowest BCUT2D eigenvalue weighted by molar-refractivity contribution is 0.565. The van der Waals surface area contributed by atoms with Gasteiger partial charge in [0.15, 0.2) is 0 Å². The summed E-state index contributed by atoms with van der Waals surface area (Å²) in [5, 5.41) is 0. The first-order valence-corrected chi connectivity index (χ1v) is 3.48. The van der Waals surface area contributed by atoms with Crippen molar-refractivity contribution in [1.29, 1.82) is 0 Å². The Morgan fingerprint density at radius 3 is 2.75 bits per heavy atom. The lowest BCUT2D eigenvalue weighted by Gasteiger charge is -1.93. The highest BCUT2D eigenvalue weighted by Gasteiger charge is 1.88. The molecule has 0 saturated heterocycles. The van der Waals surface area contributed by atoms with Crippen molar-refractivity contribution in [2.75, 3.05) is 0 Å². The number of hydrogen-bond acceptors (Lipinski definition) is 2. The van der Waals surface area contributed by atoms with Crippen molar-refractivity contribution in [2.24, 2.45) is 4.99 Å². The molecule has 12 heavy (non-hydrogen) atoms. The van der Waals surface area contributed by atoms with Crippen LogP contribution in [-0.2, 0) is 4.79 Å². The maximum atomic E-state index is 9.69. The van der Waals surface area contributed by atoms with Crippen molar-refractivity contribution in [3.8, 4) is 12.0 Å². The van der Waals surface area contributed by atoms with Gasteiger partial charge >= 0.3 is 0 Å². The Hall–Kier alpha value is -1.84. The van der Waals surface area contributed by atoms with Crippen molar-refractivity contribution in [2.45, 2.75) is 6.92 Å². The van der Waals surface area contributed by atoms with Gasteiger partial charge in [0, 0.05) is 5.56 Å². The molecule has 2 heteroatoms. The molecule has 0 spiro atoms. The number of aliphatic imine (C=N–C) groups is 1. The third-order valence-corrected chi connectivity index (χ3v) is 1.44. The van der Waals surface area contributed by atoms with E-state index in [9.17, 15) is 4.79 Å². The van der Waals surface area contributed by atoms with E-state index >= 15 is 0 Å². The molecular weight excluding hydrogens is 150 g/mol. The molecule has 0 heterocycles. The molecule has 1 aromatic carbocycles. The summed E-state index contributed by atoms with van der Waals surface area (Å²) in [6, 6.07) is 10.00. The average Bonchev–Trinajstić information content (AvgIpc) is 2.09. The monoisotopic (exact) mass is 157 g/mol. The zero-order chi connectivity index (χ0) is 8.81. The van der Waals surface area contributed by atoms with Gasteiger partial charge < -0.3 is 0 Å². The number of hydrogen-bond donors (Lipinski definition) is 0. The maximum Gasteiger partial charge on any atom is 0.249 e. The molecule has 0 aliphatic heterocycles. The van der Waals surface area contributed by atoms with Crippen molar-refractivity contribution < 1.29 is 4.79 Å². The van der Waals surface area contributed by atoms with Crippen LogP contribution in [0.2, 0.25) is 0 Å². The maximum absolute atomic E-state index is 9.69. The first-order valence-electron chi connectivity index (χ1n) is 3.48. The summed E-state index contributed by atoms with van der Waals surface area (Å²) in [7, 11) is 0. The summed E-state index contributed by atoms with van der Waals surface area (Å²) in [4.78, 5) is 12.8. The zero-order valence-electron chi connectivity index (χ0n) is 6.66. The Morgan fingerprint density at radius 1 is 1.33 bits per heavy atom. The molecule has 0 radical (unpaired) electrons. The van der Waals surface area contributed by atoms with E-state index in [0.717, 1.165) is 11.1 Å². The van der Waals surface area contributed by atoms with Crippen LogP contribution in [0.25, 0.3) is 0 Å². The summed E-state index contributed by atoms with van der Waals surface area (Å²) >= 11 is 0. The summed E-state index contributed by atoms with van der Waals surface area (Å²) in [5.41, 5.74) is 1.96. The minimum atomic E-state index is 0.886. The average molecular weight is 157 g/mol. The Morgan fingerprint density at radius 2 is 2.08 bits per heavy atom. The van der Waals surface area contributed by atoms with E-state index in [-0.39, 0.29) is 0 Å². The third-order valence-electron chi connectivity index (χ3n) is 1.44. The van der Waals surface area contributed by atoms with E-state index in [4.69, 9.17) is 0 Å². The molecule has 0 N–H and O–H groups in total. The van der Waals surface area contributed by atoms with Crippen LogP contribution < -0.4 is 0 Å². The van der Waals surface area contributed by atoms with E-state index in [1.54, 1.807) is 0 Å². The zero-order valence-corrected chi connectivity index (χ0v) is 6.66. The molecular formula is C10H7NO. The summed E-state index contributed by atoms with van der Waals surface area (Å²) in [6.07, 6.45) is 1.36. The fourth-order valence-electron chi connectivity index (χ4n) is 0.824. The second-order valence-electron chi connectivity index (χ2n) is 2.25. The smallest absolute Gasteiger partial charge is 0.210 e. The fourth-order valence-corrected chi connectivity index (χ4v) is 0.824. The number of benzene rings is 1. The highest BCUT2D eigenvalue weighted by atomic mass is 16.1. The largest absolute Gasteiger partial charge is 0.249 e. The molecule has 1 aromatic rings. The van der Waals surface area contributed by atoms with Crippen LogP contribution in [0.4, 0.5) is 0 Å². The minimum absolute atomic E-state index is 0.886. The van der Waals surface area contributed by atoms with Gasteiger partial charge in [-0.1, -0.05) is 18.2 Å². The van der Waals surface area contributed by atoms with Gasteiger partial charge in [0.05, 0.1) is 6.04 Å². The topological polar surface area (TPSA) is 29.4 Å². The van der Waals surface area contributed by atoms with E-state index in [1.165, 1.54) is 6.08 Å². The van der Waals surface area contributed by atoms with Crippen LogP contribution >= 0.6 is 0 Å². The first-order chi connectivity index (χ1) is 5.84. The molecule has 0 saturated carbocycles. The number of carbonyl (C=O) groups excluding carboxylic acids is 1. The van der Waals surface area contributed by atoms with Crippen molar-refractivity contribution in [1.82, 2.24) is 0 Å². The van der Waals surface area contributed by atoms with Gasteiger partial charge in [-0.05, 0) is 24.5 Å². The van der Waals surface area contributed by atoms with Crippen LogP contribution in [0.3, 0.4) is 0 Å². The van der Waals surface area contributed by atoms with E-state index in [0.29, 0.717) is 0 Å². The van der Waals surface area contributed by atoms with E-state index < -0.39 is 0 Å². The van der Waals surface area contributed by atoms with Gasteiger partial charge in [0.2, 0.25) is 6.08 Å². The Labute approximate surface area is 70.9 Å². The second kappa shape index (κ2) is 4.12. The second-order valence-corrected chi connectivity index (χ2v) is 2.25. The van der Waals surface area contributed by atoms with Crippen LogP contribution in [0, 0.1) is 18.9 Å². The highest BCUT2D eigenvalue weighted by molar-refractivity contribution is 5.43. The van der Waals surface area contributed by atoms with Gasteiger partial charge in [0.25, 0.3) is 0 Å². The minimum Gasteiger partial charge on any atom is -0.210 e. The molecule has 0 fully saturated rings. The van der Waals surface area contributed by atoms with Gasteiger partial charge in [0.1, 0.15) is 0 Å². The fraction of sp³-hybridized carbons (Fsp3) is 0.100. The summed E-state index contributed by atoms with van der Waals surface area (Å²) in [6.45, 7) is 1.95. The predicted molar refractivity (Wildman–Crippen MR) is 46.2 cm³/mol. The SMILES string of the molecule is Cc1ccccc1C#CN=C=O. The number of nitrogens with zero attached hydrogens (tertiary/aromatic N) is 1. The van der Waals surface area contributed by atoms with Gasteiger partial charge in [-0.3, -0.25) is 0 Å². The Bertz CT molecular complexity index is 378. The van der Waals surface area contributed by atoms with Crippen molar-refractivity contribution in [3.05, 3.63) is 35.4 Å². The van der Waals surface area contributed by atoms with E-state index in [1.807, 2.05) is 31.2 Å². The molecule has 0 unspecified atom stereocenters. The summed E-state index contributed by atoms with van der Waals surface area (Å²) in [5.74, 6) is 2.73. The Kier molecular flexibility index (Phi) is 2.84. The molecule has 0 bridgehead atoms. The lowest BCUT2D eigenvalue weighted by atomic mass is 10.1.